The number of carbonyl (C=O) groups excluding carboxylic acids is 4. The molecule has 0 aromatic heterocycles. The van der Waals surface area contributed by atoms with Crippen molar-refractivity contribution in [2.24, 2.45) is 17.8 Å². The molecule has 8 rings (SSSR count). The minimum Gasteiger partial charge on any atom is -0.490 e. The molecule has 9 nitrogen and oxygen atoms in total. The van der Waals surface area contributed by atoms with Gasteiger partial charge >= 0.3 is 6.03 Å². The van der Waals surface area contributed by atoms with Crippen molar-refractivity contribution < 1.29 is 33.0 Å². The van der Waals surface area contributed by atoms with E-state index in [1.54, 1.807) is 19.1 Å². The highest BCUT2D eigenvalue weighted by molar-refractivity contribution is 6.39. The van der Waals surface area contributed by atoms with Crippen LogP contribution in [0.1, 0.15) is 56.6 Å². The number of urea groups is 1. The highest BCUT2D eigenvalue weighted by atomic mass is 35.5. The number of benzene rings is 3. The van der Waals surface area contributed by atoms with E-state index in [9.17, 15) is 23.6 Å². The molecule has 3 aromatic rings. The van der Waals surface area contributed by atoms with Gasteiger partial charge in [0.15, 0.2) is 18.1 Å². The summed E-state index contributed by atoms with van der Waals surface area (Å²) in [6.07, 6.45) is 8.94. The summed E-state index contributed by atoms with van der Waals surface area (Å²) in [5.41, 5.74) is 2.28. The van der Waals surface area contributed by atoms with Crippen LogP contribution in [-0.2, 0) is 19.8 Å². The van der Waals surface area contributed by atoms with E-state index in [4.69, 9.17) is 21.1 Å². The molecule has 5 amide bonds. The van der Waals surface area contributed by atoms with Gasteiger partial charge in [-0.3, -0.25) is 19.7 Å². The molecular formula is C37H35ClFN3O6. The molecule has 0 spiro atoms. The summed E-state index contributed by atoms with van der Waals surface area (Å²) in [7, 11) is 0. The van der Waals surface area contributed by atoms with Crippen molar-refractivity contribution in [2.75, 3.05) is 23.4 Å². The summed E-state index contributed by atoms with van der Waals surface area (Å²) in [6.45, 7) is 1.56. The van der Waals surface area contributed by atoms with Crippen LogP contribution in [0, 0.1) is 23.6 Å². The van der Waals surface area contributed by atoms with Gasteiger partial charge in [-0.2, -0.15) is 0 Å². The molecule has 4 bridgehead atoms. The fourth-order valence-electron chi connectivity index (χ4n) is 8.43. The molecule has 0 atom stereocenters. The third-order valence-electron chi connectivity index (χ3n) is 10.00. The van der Waals surface area contributed by atoms with Crippen molar-refractivity contribution in [3.05, 3.63) is 88.2 Å². The minimum absolute atomic E-state index is 0.0687. The molecule has 48 heavy (non-hydrogen) atoms. The van der Waals surface area contributed by atoms with E-state index in [-0.39, 0.29) is 34.1 Å². The van der Waals surface area contributed by atoms with Crippen LogP contribution < -0.4 is 25.0 Å². The van der Waals surface area contributed by atoms with Crippen LogP contribution in [-0.4, -0.2) is 37.0 Å². The first kappa shape index (κ1) is 31.9. The first-order chi connectivity index (χ1) is 23.1. The number of nitrogens with one attached hydrogen (secondary N) is 2. The number of amides is 5. The normalized spacial score (nSPS) is 25.3. The van der Waals surface area contributed by atoms with E-state index < -0.39 is 36.2 Å². The second-order valence-electron chi connectivity index (χ2n) is 13.3. The standard InChI is InChI=1S/C37H35ClFN3O6/c1-2-47-31-16-21(15-30(38)33(31)48-20-32(43)40-27-7-5-26(39)6-8-27)14-29-34(44)41-36(46)42(35(29)45)28-9-3-25(4-10-28)37-17-22-11-23(18-37)13-24(12-22)19-37/h3-10,14-16,22-24H,2,11-13,17-20H2,1H3,(H,40,43)(H,41,44,46)/b29-14+. The smallest absolute Gasteiger partial charge is 0.335 e. The van der Waals surface area contributed by atoms with Gasteiger partial charge in [0.2, 0.25) is 0 Å². The van der Waals surface area contributed by atoms with Gasteiger partial charge in [0.05, 0.1) is 17.3 Å². The largest absolute Gasteiger partial charge is 0.490 e. The van der Waals surface area contributed by atoms with Crippen LogP contribution in [0.15, 0.2) is 66.2 Å². The van der Waals surface area contributed by atoms with Gasteiger partial charge in [-0.25, -0.2) is 14.1 Å². The number of rotatable bonds is 9. The number of hydrogen-bond donors (Lipinski definition) is 2. The molecule has 0 radical (unpaired) electrons. The highest BCUT2D eigenvalue weighted by Crippen LogP contribution is 2.60. The molecule has 0 unspecified atom stereocenters. The molecule has 5 aliphatic rings. The Morgan fingerprint density at radius 3 is 2.25 bits per heavy atom. The van der Waals surface area contributed by atoms with Crippen LogP contribution in [0.3, 0.4) is 0 Å². The zero-order valence-corrected chi connectivity index (χ0v) is 27.1. The summed E-state index contributed by atoms with van der Waals surface area (Å²) < 4.78 is 24.6. The average Bonchev–Trinajstić information content (AvgIpc) is 3.03. The zero-order valence-electron chi connectivity index (χ0n) is 26.4. The number of halogens is 2. The predicted molar refractivity (Wildman–Crippen MR) is 178 cm³/mol. The van der Waals surface area contributed by atoms with Crippen molar-refractivity contribution in [3.63, 3.8) is 0 Å². The fourth-order valence-corrected chi connectivity index (χ4v) is 8.70. The molecule has 1 saturated heterocycles. The Hall–Kier alpha value is -4.70. The van der Waals surface area contributed by atoms with Gasteiger partial charge in [-0.1, -0.05) is 23.7 Å². The number of hydrogen-bond acceptors (Lipinski definition) is 6. The van der Waals surface area contributed by atoms with Crippen molar-refractivity contribution >= 4 is 52.8 Å². The molecule has 4 aliphatic carbocycles. The molecular weight excluding hydrogens is 637 g/mol. The van der Waals surface area contributed by atoms with Crippen LogP contribution in [0.2, 0.25) is 5.02 Å². The van der Waals surface area contributed by atoms with E-state index in [1.165, 1.54) is 86.6 Å². The van der Waals surface area contributed by atoms with Gasteiger partial charge in [0.1, 0.15) is 11.4 Å². The zero-order chi connectivity index (χ0) is 33.6. The Bertz CT molecular complexity index is 1790. The summed E-state index contributed by atoms with van der Waals surface area (Å²) in [5, 5.41) is 4.95. The number of barbiturate groups is 1. The van der Waals surface area contributed by atoms with Gasteiger partial charge < -0.3 is 14.8 Å². The van der Waals surface area contributed by atoms with E-state index >= 15 is 0 Å². The monoisotopic (exact) mass is 671 g/mol. The van der Waals surface area contributed by atoms with Crippen molar-refractivity contribution in [1.82, 2.24) is 5.32 Å². The quantitative estimate of drug-likeness (QED) is 0.187. The summed E-state index contributed by atoms with van der Waals surface area (Å²) in [6, 6.07) is 15.1. The third-order valence-corrected chi connectivity index (χ3v) is 10.3. The summed E-state index contributed by atoms with van der Waals surface area (Å²) >= 11 is 6.54. The van der Waals surface area contributed by atoms with E-state index in [1.807, 2.05) is 12.1 Å². The number of imide groups is 2. The van der Waals surface area contributed by atoms with Crippen LogP contribution in [0.5, 0.6) is 11.5 Å². The second-order valence-corrected chi connectivity index (χ2v) is 13.7. The molecule has 2 N–H and O–H groups in total. The van der Waals surface area contributed by atoms with Crippen molar-refractivity contribution in [2.45, 2.75) is 50.9 Å². The lowest BCUT2D eigenvalue weighted by molar-refractivity contribution is -0.122. The minimum atomic E-state index is -0.835. The first-order valence-corrected chi connectivity index (χ1v) is 16.6. The van der Waals surface area contributed by atoms with E-state index in [0.29, 0.717) is 16.9 Å². The maximum absolute atomic E-state index is 13.7. The van der Waals surface area contributed by atoms with E-state index in [2.05, 4.69) is 10.6 Å². The van der Waals surface area contributed by atoms with Crippen molar-refractivity contribution in [1.29, 1.82) is 0 Å². The molecule has 248 valence electrons. The number of ether oxygens (including phenoxy) is 2. The third kappa shape index (κ3) is 6.17. The molecule has 4 saturated carbocycles. The van der Waals surface area contributed by atoms with Gasteiger partial charge in [0.25, 0.3) is 17.7 Å². The Kier molecular flexibility index (Phi) is 8.45. The average molecular weight is 672 g/mol. The molecule has 1 heterocycles. The van der Waals surface area contributed by atoms with Gasteiger partial charge in [-0.05, 0) is 134 Å². The predicted octanol–water partition coefficient (Wildman–Crippen LogP) is 7.03. The molecule has 1 aliphatic heterocycles. The van der Waals surface area contributed by atoms with Crippen molar-refractivity contribution in [3.8, 4) is 11.5 Å². The number of nitrogens with zero attached hydrogens (tertiary/aromatic N) is 1. The lowest BCUT2D eigenvalue weighted by Crippen LogP contribution is -2.54. The Balaban J connectivity index is 1.09. The molecule has 11 heteroatoms. The first-order valence-electron chi connectivity index (χ1n) is 16.3. The fraction of sp³-hybridized carbons (Fsp3) is 0.351. The summed E-state index contributed by atoms with van der Waals surface area (Å²) in [5.74, 6) is 0.0909. The van der Waals surface area contributed by atoms with Gasteiger partial charge in [-0.15, -0.1) is 0 Å². The molecule has 3 aromatic carbocycles. The van der Waals surface area contributed by atoms with E-state index in [0.717, 1.165) is 22.7 Å². The number of anilines is 2. The topological polar surface area (TPSA) is 114 Å². The van der Waals surface area contributed by atoms with Crippen LogP contribution in [0.25, 0.3) is 6.08 Å². The second kappa shape index (κ2) is 12.7. The Morgan fingerprint density at radius 1 is 0.979 bits per heavy atom. The lowest BCUT2D eigenvalue weighted by atomic mass is 9.48. The summed E-state index contributed by atoms with van der Waals surface area (Å²) in [4.78, 5) is 53.0. The van der Waals surface area contributed by atoms with Crippen LogP contribution in [0.4, 0.5) is 20.6 Å². The number of carbonyl (C=O) groups is 4. The Morgan fingerprint density at radius 2 is 1.62 bits per heavy atom. The SMILES string of the molecule is CCOc1cc(/C=C2\C(=O)NC(=O)N(c3ccc(C45CC6CC(CC(C6)C4)C5)cc3)C2=O)cc(Cl)c1OCC(=O)Nc1ccc(F)cc1. The maximum atomic E-state index is 13.7. The van der Waals surface area contributed by atoms with Gasteiger partial charge in [0, 0.05) is 5.69 Å². The molecule has 5 fully saturated rings. The highest BCUT2D eigenvalue weighted by Gasteiger charge is 2.51. The van der Waals surface area contributed by atoms with Crippen LogP contribution >= 0.6 is 11.6 Å². The Labute approximate surface area is 282 Å². The lowest BCUT2D eigenvalue weighted by Gasteiger charge is -2.57. The maximum Gasteiger partial charge on any atom is 0.335 e.